The van der Waals surface area contributed by atoms with E-state index in [1.165, 1.54) is 30.0 Å². The molecule has 7 nitrogen and oxygen atoms in total. The molecule has 0 aliphatic carbocycles. The van der Waals surface area contributed by atoms with Gasteiger partial charge in [0.15, 0.2) is 0 Å². The SMILES string of the molecule is Cc1ccc(Sc2nc(N)c(C#N)c(-c3ccccc3[N+](=O)[O-])c2C#N)cc1. The molecule has 1 heterocycles. The van der Waals surface area contributed by atoms with Crippen LogP contribution in [0.5, 0.6) is 0 Å². The summed E-state index contributed by atoms with van der Waals surface area (Å²) in [7, 11) is 0. The third-order valence-electron chi connectivity index (χ3n) is 4.02. The van der Waals surface area contributed by atoms with Crippen LogP contribution in [0.1, 0.15) is 16.7 Å². The van der Waals surface area contributed by atoms with Gasteiger partial charge in [0, 0.05) is 16.5 Å². The summed E-state index contributed by atoms with van der Waals surface area (Å²) in [5.41, 5.74) is 7.13. The van der Waals surface area contributed by atoms with Crippen LogP contribution in [0.3, 0.4) is 0 Å². The van der Waals surface area contributed by atoms with E-state index < -0.39 is 4.92 Å². The highest BCUT2D eigenvalue weighted by molar-refractivity contribution is 7.99. The third kappa shape index (κ3) is 3.50. The molecule has 1 aromatic heterocycles. The molecule has 8 heteroatoms. The van der Waals surface area contributed by atoms with Crippen LogP contribution in [0.4, 0.5) is 11.5 Å². The Kier molecular flexibility index (Phi) is 5.25. The molecule has 0 amide bonds. The summed E-state index contributed by atoms with van der Waals surface area (Å²) in [6.07, 6.45) is 0. The molecular formula is C20H13N5O2S. The molecule has 3 aromatic rings. The van der Waals surface area contributed by atoms with Crippen molar-refractivity contribution in [2.45, 2.75) is 16.8 Å². The molecule has 0 unspecified atom stereocenters. The van der Waals surface area contributed by atoms with E-state index in [4.69, 9.17) is 5.73 Å². The first kappa shape index (κ1) is 18.9. The van der Waals surface area contributed by atoms with Crippen molar-refractivity contribution in [3.63, 3.8) is 0 Å². The van der Waals surface area contributed by atoms with Gasteiger partial charge in [-0.15, -0.1) is 0 Å². The van der Waals surface area contributed by atoms with Crippen molar-refractivity contribution in [1.29, 1.82) is 10.5 Å². The summed E-state index contributed by atoms with van der Waals surface area (Å²) in [4.78, 5) is 16.0. The quantitative estimate of drug-likeness (QED) is 0.517. The third-order valence-corrected chi connectivity index (χ3v) is 5.02. The van der Waals surface area contributed by atoms with Crippen LogP contribution in [0.15, 0.2) is 58.5 Å². The molecule has 2 N–H and O–H groups in total. The number of rotatable bonds is 4. The molecular weight excluding hydrogens is 374 g/mol. The lowest BCUT2D eigenvalue weighted by Gasteiger charge is -2.13. The number of anilines is 1. The number of pyridine rings is 1. The van der Waals surface area contributed by atoms with E-state index in [0.29, 0.717) is 0 Å². The molecule has 28 heavy (non-hydrogen) atoms. The van der Waals surface area contributed by atoms with E-state index >= 15 is 0 Å². The number of nitrogens with two attached hydrogens (primary N) is 1. The van der Waals surface area contributed by atoms with Crippen LogP contribution in [0.25, 0.3) is 11.1 Å². The maximum absolute atomic E-state index is 11.5. The van der Waals surface area contributed by atoms with Crippen molar-refractivity contribution in [1.82, 2.24) is 4.98 Å². The summed E-state index contributed by atoms with van der Waals surface area (Å²) in [5.74, 6) is -0.0794. The van der Waals surface area contributed by atoms with E-state index in [0.717, 1.165) is 10.5 Å². The second kappa shape index (κ2) is 7.78. The summed E-state index contributed by atoms with van der Waals surface area (Å²) in [6, 6.07) is 17.5. The van der Waals surface area contributed by atoms with Gasteiger partial charge in [-0.2, -0.15) is 10.5 Å². The molecule has 0 radical (unpaired) electrons. The van der Waals surface area contributed by atoms with Gasteiger partial charge in [-0.1, -0.05) is 41.6 Å². The first-order valence-electron chi connectivity index (χ1n) is 8.08. The maximum atomic E-state index is 11.5. The number of hydrogen-bond acceptors (Lipinski definition) is 7. The van der Waals surface area contributed by atoms with Crippen molar-refractivity contribution in [3.8, 4) is 23.3 Å². The molecule has 0 fully saturated rings. The van der Waals surface area contributed by atoms with Crippen LogP contribution < -0.4 is 5.73 Å². The lowest BCUT2D eigenvalue weighted by atomic mass is 9.95. The average Bonchev–Trinajstić information content (AvgIpc) is 2.69. The maximum Gasteiger partial charge on any atom is 0.277 e. The molecule has 0 saturated heterocycles. The fourth-order valence-electron chi connectivity index (χ4n) is 2.70. The van der Waals surface area contributed by atoms with Crippen molar-refractivity contribution in [2.24, 2.45) is 0 Å². The summed E-state index contributed by atoms with van der Waals surface area (Å²) < 4.78 is 0. The number of nitrogen functional groups attached to an aromatic ring is 1. The van der Waals surface area contributed by atoms with Crippen molar-refractivity contribution in [2.75, 3.05) is 5.73 Å². The van der Waals surface area contributed by atoms with Gasteiger partial charge >= 0.3 is 0 Å². The minimum atomic E-state index is -0.555. The largest absolute Gasteiger partial charge is 0.383 e. The smallest absolute Gasteiger partial charge is 0.277 e. The molecule has 0 bridgehead atoms. The van der Waals surface area contributed by atoms with Gasteiger partial charge in [-0.05, 0) is 25.1 Å². The minimum Gasteiger partial charge on any atom is -0.383 e. The highest BCUT2D eigenvalue weighted by Gasteiger charge is 2.25. The predicted molar refractivity (Wildman–Crippen MR) is 105 cm³/mol. The molecule has 0 atom stereocenters. The van der Waals surface area contributed by atoms with Gasteiger partial charge in [0.25, 0.3) is 5.69 Å². The van der Waals surface area contributed by atoms with Crippen molar-refractivity contribution >= 4 is 23.3 Å². The van der Waals surface area contributed by atoms with Crippen LogP contribution >= 0.6 is 11.8 Å². The minimum absolute atomic E-state index is 0.0564. The second-order valence-electron chi connectivity index (χ2n) is 5.84. The van der Waals surface area contributed by atoms with Crippen LogP contribution in [-0.2, 0) is 0 Å². The zero-order valence-electron chi connectivity index (χ0n) is 14.7. The van der Waals surface area contributed by atoms with Gasteiger partial charge in [-0.3, -0.25) is 10.1 Å². The zero-order valence-corrected chi connectivity index (χ0v) is 15.5. The Morgan fingerprint density at radius 3 is 2.32 bits per heavy atom. The second-order valence-corrected chi connectivity index (χ2v) is 6.90. The van der Waals surface area contributed by atoms with Gasteiger partial charge in [0.05, 0.1) is 16.1 Å². The Hall–Kier alpha value is -3.88. The molecule has 0 aliphatic rings. The predicted octanol–water partition coefficient (Wildman–Crippen LogP) is 4.44. The van der Waals surface area contributed by atoms with E-state index in [2.05, 4.69) is 4.98 Å². The molecule has 136 valence electrons. The Balaban J connectivity index is 2.29. The number of para-hydroxylation sites is 1. The number of nitrogens with zero attached hydrogens (tertiary/aromatic N) is 4. The highest BCUT2D eigenvalue weighted by atomic mass is 32.2. The summed E-state index contributed by atoms with van der Waals surface area (Å²) in [5, 5.41) is 31.1. The van der Waals surface area contributed by atoms with Gasteiger partial charge in [0.1, 0.15) is 28.5 Å². The van der Waals surface area contributed by atoms with Crippen LogP contribution in [-0.4, -0.2) is 9.91 Å². The van der Waals surface area contributed by atoms with Crippen molar-refractivity contribution < 1.29 is 4.92 Å². The number of nitro groups is 1. The lowest BCUT2D eigenvalue weighted by Crippen LogP contribution is -2.04. The Bertz CT molecular complexity index is 1160. The molecule has 2 aromatic carbocycles. The van der Waals surface area contributed by atoms with E-state index in [-0.39, 0.29) is 38.8 Å². The first-order chi connectivity index (χ1) is 13.5. The number of aryl methyl sites for hydroxylation is 1. The number of aromatic nitrogens is 1. The zero-order chi connectivity index (χ0) is 20.3. The highest BCUT2D eigenvalue weighted by Crippen LogP contribution is 2.41. The number of hydrogen-bond donors (Lipinski definition) is 1. The summed E-state index contributed by atoms with van der Waals surface area (Å²) in [6.45, 7) is 1.96. The van der Waals surface area contributed by atoms with E-state index in [1.807, 2.05) is 43.3 Å². The normalized spacial score (nSPS) is 10.1. The monoisotopic (exact) mass is 387 g/mol. The Morgan fingerprint density at radius 2 is 1.71 bits per heavy atom. The van der Waals surface area contributed by atoms with E-state index in [1.54, 1.807) is 6.07 Å². The Morgan fingerprint density at radius 1 is 1.07 bits per heavy atom. The molecule has 3 rings (SSSR count). The van der Waals surface area contributed by atoms with Gasteiger partial charge < -0.3 is 5.73 Å². The fourth-order valence-corrected chi connectivity index (χ4v) is 3.59. The van der Waals surface area contributed by atoms with Gasteiger partial charge in [-0.25, -0.2) is 4.98 Å². The average molecular weight is 387 g/mol. The number of nitro benzene ring substituents is 1. The molecule has 0 saturated carbocycles. The topological polar surface area (TPSA) is 130 Å². The molecule has 0 spiro atoms. The first-order valence-corrected chi connectivity index (χ1v) is 8.90. The Labute approximate surface area is 165 Å². The van der Waals surface area contributed by atoms with E-state index in [9.17, 15) is 20.6 Å². The van der Waals surface area contributed by atoms with Crippen LogP contribution in [0, 0.1) is 39.7 Å². The summed E-state index contributed by atoms with van der Waals surface area (Å²) >= 11 is 1.21. The van der Waals surface area contributed by atoms with Crippen molar-refractivity contribution in [3.05, 3.63) is 75.3 Å². The standard InChI is InChI=1S/C20H13N5O2S/c1-12-6-8-13(9-7-12)28-20-16(11-22)18(15(10-21)19(23)24-20)14-4-2-3-5-17(14)25(26)27/h2-9H,1H3,(H2,23,24). The molecule has 0 aliphatic heterocycles. The lowest BCUT2D eigenvalue weighted by molar-refractivity contribution is -0.384. The van der Waals surface area contributed by atoms with Crippen LogP contribution in [0.2, 0.25) is 0 Å². The van der Waals surface area contributed by atoms with Gasteiger partial charge in [0.2, 0.25) is 0 Å². The number of nitriles is 2. The number of benzene rings is 2. The fraction of sp³-hybridized carbons (Fsp3) is 0.0500.